The number of ether oxygens (including phenoxy) is 2. The van der Waals surface area contributed by atoms with Crippen molar-refractivity contribution in [3.05, 3.63) is 81.5 Å². The van der Waals surface area contributed by atoms with Crippen LogP contribution in [0.1, 0.15) is 45.9 Å². The highest BCUT2D eigenvalue weighted by Crippen LogP contribution is 2.27. The topological polar surface area (TPSA) is 59.1 Å². The molecule has 1 heterocycles. The minimum Gasteiger partial charge on any atom is -0.497 e. The number of benzene rings is 2. The Morgan fingerprint density at radius 3 is 2.31 bits per heavy atom. The Bertz CT molecular complexity index is 1130. The van der Waals surface area contributed by atoms with Crippen LogP contribution in [0.3, 0.4) is 0 Å². The number of aryl methyl sites for hydroxylation is 1. The van der Waals surface area contributed by atoms with Gasteiger partial charge in [-0.1, -0.05) is 37.3 Å². The zero-order valence-corrected chi connectivity index (χ0v) is 21.9. The number of amides is 2. The van der Waals surface area contributed by atoms with Gasteiger partial charge in [-0.2, -0.15) is 0 Å². The van der Waals surface area contributed by atoms with Gasteiger partial charge in [-0.25, -0.2) is 0 Å². The molecule has 0 radical (unpaired) electrons. The fraction of sp³-hybridized carbons (Fsp3) is 0.357. The summed E-state index contributed by atoms with van der Waals surface area (Å²) in [5.74, 6) is 0.690. The third kappa shape index (κ3) is 6.85. The molecule has 1 atom stereocenters. The number of hydrogen-bond donors (Lipinski definition) is 0. The fourth-order valence-electron chi connectivity index (χ4n) is 3.82. The second-order valence-electron chi connectivity index (χ2n) is 8.50. The average Bonchev–Trinajstić information content (AvgIpc) is 3.30. The van der Waals surface area contributed by atoms with Gasteiger partial charge in [0, 0.05) is 28.4 Å². The predicted molar refractivity (Wildman–Crippen MR) is 140 cm³/mol. The molecule has 0 saturated heterocycles. The van der Waals surface area contributed by atoms with Gasteiger partial charge in [-0.15, -0.1) is 11.3 Å². The summed E-state index contributed by atoms with van der Waals surface area (Å²) >= 11 is 1.68. The smallest absolute Gasteiger partial charge is 0.258 e. The Kier molecular flexibility index (Phi) is 9.32. The molecule has 1 aromatic heterocycles. The zero-order chi connectivity index (χ0) is 25.4. The molecule has 2 aromatic carbocycles. The molecule has 6 nitrogen and oxygen atoms in total. The van der Waals surface area contributed by atoms with E-state index < -0.39 is 0 Å². The number of rotatable bonds is 11. The number of thiophene rings is 1. The lowest BCUT2D eigenvalue weighted by Crippen LogP contribution is -2.46. The van der Waals surface area contributed by atoms with Crippen LogP contribution in [0.4, 0.5) is 0 Å². The summed E-state index contributed by atoms with van der Waals surface area (Å²) in [5, 5.41) is 0. The number of carbonyl (C=O) groups is 2. The van der Waals surface area contributed by atoms with Gasteiger partial charge in [0.15, 0.2) is 0 Å². The molecule has 0 saturated carbocycles. The predicted octanol–water partition coefficient (Wildman–Crippen LogP) is 5.54. The summed E-state index contributed by atoms with van der Waals surface area (Å²) in [4.78, 5) is 33.1. The average molecular weight is 495 g/mol. The van der Waals surface area contributed by atoms with Gasteiger partial charge in [-0.05, 0) is 50.1 Å². The molecule has 0 aliphatic carbocycles. The third-order valence-corrected chi connectivity index (χ3v) is 7.03. The largest absolute Gasteiger partial charge is 0.497 e. The van der Waals surface area contributed by atoms with E-state index in [2.05, 4.69) is 19.1 Å². The Morgan fingerprint density at radius 2 is 1.71 bits per heavy atom. The number of hydrogen-bond acceptors (Lipinski definition) is 5. The summed E-state index contributed by atoms with van der Waals surface area (Å²) in [5.41, 5.74) is 1.46. The summed E-state index contributed by atoms with van der Waals surface area (Å²) in [6.07, 6.45) is 0.723. The molecule has 2 amide bonds. The zero-order valence-electron chi connectivity index (χ0n) is 21.1. The first-order valence-electron chi connectivity index (χ1n) is 11.8. The number of methoxy groups -OCH3 is 2. The van der Waals surface area contributed by atoms with E-state index in [1.807, 2.05) is 49.1 Å². The van der Waals surface area contributed by atoms with E-state index in [4.69, 9.17) is 9.47 Å². The molecule has 0 bridgehead atoms. The van der Waals surface area contributed by atoms with Crippen LogP contribution < -0.4 is 9.47 Å². The minimum absolute atomic E-state index is 0.0137. The van der Waals surface area contributed by atoms with Crippen molar-refractivity contribution in [1.82, 2.24) is 9.80 Å². The highest BCUT2D eigenvalue weighted by atomic mass is 32.1. The van der Waals surface area contributed by atoms with Crippen molar-refractivity contribution >= 4 is 23.2 Å². The molecule has 3 rings (SSSR count). The Morgan fingerprint density at radius 1 is 0.971 bits per heavy atom. The molecule has 186 valence electrons. The van der Waals surface area contributed by atoms with Crippen LogP contribution in [0.5, 0.6) is 11.5 Å². The molecule has 0 aliphatic rings. The highest BCUT2D eigenvalue weighted by Gasteiger charge is 2.28. The molecule has 0 N–H and O–H groups in total. The molecular formula is C28H34N2O4S. The second-order valence-corrected chi connectivity index (χ2v) is 9.88. The van der Waals surface area contributed by atoms with Crippen molar-refractivity contribution in [2.24, 2.45) is 0 Å². The summed E-state index contributed by atoms with van der Waals surface area (Å²) < 4.78 is 10.7. The van der Waals surface area contributed by atoms with E-state index in [1.165, 1.54) is 12.0 Å². The summed E-state index contributed by atoms with van der Waals surface area (Å²) in [6, 6.07) is 19.0. The van der Waals surface area contributed by atoms with Crippen LogP contribution in [0.2, 0.25) is 0 Å². The van der Waals surface area contributed by atoms with E-state index in [0.717, 1.165) is 16.9 Å². The van der Waals surface area contributed by atoms with E-state index in [1.54, 1.807) is 41.5 Å². The number of carbonyl (C=O) groups excluding carboxylic acids is 2. The van der Waals surface area contributed by atoms with E-state index in [0.29, 0.717) is 30.2 Å². The van der Waals surface area contributed by atoms with Gasteiger partial charge in [0.2, 0.25) is 5.91 Å². The van der Waals surface area contributed by atoms with Crippen molar-refractivity contribution in [3.8, 4) is 11.5 Å². The molecule has 0 spiro atoms. The first-order valence-corrected chi connectivity index (χ1v) is 12.6. The lowest BCUT2D eigenvalue weighted by atomic mass is 10.1. The molecular weight excluding hydrogens is 460 g/mol. The Hall–Kier alpha value is -3.32. The first kappa shape index (κ1) is 26.3. The maximum absolute atomic E-state index is 13.7. The SMILES string of the molecule is CCC(C)N(CC(=O)N(Cc1ccccc1)Cc1ccc(C)s1)C(=O)c1ccc(OC)cc1OC. The molecule has 35 heavy (non-hydrogen) atoms. The molecule has 3 aromatic rings. The lowest BCUT2D eigenvalue weighted by Gasteiger charge is -2.31. The van der Waals surface area contributed by atoms with Gasteiger partial charge in [0.05, 0.1) is 26.3 Å². The quantitative estimate of drug-likeness (QED) is 0.351. The molecule has 1 unspecified atom stereocenters. The van der Waals surface area contributed by atoms with E-state index in [-0.39, 0.29) is 24.4 Å². The van der Waals surface area contributed by atoms with Crippen LogP contribution in [-0.4, -0.2) is 48.4 Å². The van der Waals surface area contributed by atoms with Gasteiger partial charge in [0.1, 0.15) is 18.0 Å². The first-order chi connectivity index (χ1) is 16.9. The standard InChI is InChI=1S/C28H34N2O4S/c1-6-20(2)30(28(32)25-15-13-23(33-4)16-26(25)34-5)19-27(31)29(17-22-10-8-7-9-11-22)18-24-14-12-21(3)35-24/h7-16,20H,6,17-19H2,1-5H3. The van der Waals surface area contributed by atoms with Gasteiger partial charge >= 0.3 is 0 Å². The van der Waals surface area contributed by atoms with Crippen LogP contribution in [0.15, 0.2) is 60.7 Å². The monoisotopic (exact) mass is 494 g/mol. The second kappa shape index (κ2) is 12.4. The van der Waals surface area contributed by atoms with Crippen LogP contribution in [0.25, 0.3) is 0 Å². The normalized spacial score (nSPS) is 11.6. The van der Waals surface area contributed by atoms with Crippen molar-refractivity contribution in [2.75, 3.05) is 20.8 Å². The lowest BCUT2D eigenvalue weighted by molar-refractivity contribution is -0.133. The van der Waals surface area contributed by atoms with Gasteiger partial charge in [-0.3, -0.25) is 9.59 Å². The minimum atomic E-state index is -0.237. The maximum atomic E-state index is 13.7. The van der Waals surface area contributed by atoms with Crippen molar-refractivity contribution in [2.45, 2.75) is 46.3 Å². The van der Waals surface area contributed by atoms with Gasteiger partial charge in [0.25, 0.3) is 5.91 Å². The van der Waals surface area contributed by atoms with Crippen molar-refractivity contribution in [3.63, 3.8) is 0 Å². The third-order valence-electron chi connectivity index (χ3n) is 6.04. The molecule has 0 fully saturated rings. The maximum Gasteiger partial charge on any atom is 0.258 e. The van der Waals surface area contributed by atoms with Gasteiger partial charge < -0.3 is 19.3 Å². The Balaban J connectivity index is 1.88. The molecule has 0 aliphatic heterocycles. The summed E-state index contributed by atoms with van der Waals surface area (Å²) in [7, 11) is 3.09. The van der Waals surface area contributed by atoms with Crippen LogP contribution in [0, 0.1) is 6.92 Å². The summed E-state index contributed by atoms with van der Waals surface area (Å²) in [6.45, 7) is 7.00. The van der Waals surface area contributed by atoms with Crippen LogP contribution in [-0.2, 0) is 17.9 Å². The van der Waals surface area contributed by atoms with E-state index >= 15 is 0 Å². The molecule has 7 heteroatoms. The van der Waals surface area contributed by atoms with Crippen molar-refractivity contribution in [1.29, 1.82) is 0 Å². The highest BCUT2D eigenvalue weighted by molar-refractivity contribution is 7.11. The number of nitrogens with zero attached hydrogens (tertiary/aromatic N) is 2. The van der Waals surface area contributed by atoms with E-state index in [9.17, 15) is 9.59 Å². The fourth-order valence-corrected chi connectivity index (χ4v) is 4.72. The van der Waals surface area contributed by atoms with Crippen LogP contribution >= 0.6 is 11.3 Å². The van der Waals surface area contributed by atoms with Crippen molar-refractivity contribution < 1.29 is 19.1 Å². The Labute approximate surface area is 212 Å².